The van der Waals surface area contributed by atoms with E-state index in [1.807, 2.05) is 38.1 Å². The van der Waals surface area contributed by atoms with Crippen molar-refractivity contribution >= 4 is 23.6 Å². The highest BCUT2D eigenvalue weighted by atomic mass is 16.6. The highest BCUT2D eigenvalue weighted by molar-refractivity contribution is 6.04. The van der Waals surface area contributed by atoms with E-state index in [9.17, 15) is 14.4 Å². The highest BCUT2D eigenvalue weighted by Gasteiger charge is 2.34. The second-order valence-corrected chi connectivity index (χ2v) is 11.1. The van der Waals surface area contributed by atoms with E-state index in [2.05, 4.69) is 16.7 Å². The molecule has 3 amide bonds. The third-order valence-electron chi connectivity index (χ3n) is 6.38. The van der Waals surface area contributed by atoms with Gasteiger partial charge in [0, 0.05) is 12.2 Å². The summed E-state index contributed by atoms with van der Waals surface area (Å²) in [4.78, 5) is 42.0. The predicted octanol–water partition coefficient (Wildman–Crippen LogP) is 6.28. The maximum absolute atomic E-state index is 14.2. The van der Waals surface area contributed by atoms with Gasteiger partial charge in [0.2, 0.25) is 5.91 Å². The van der Waals surface area contributed by atoms with Gasteiger partial charge in [-0.05, 0) is 82.2 Å². The summed E-state index contributed by atoms with van der Waals surface area (Å²) in [5.41, 5.74) is 1.64. The molecule has 1 unspecified atom stereocenters. The van der Waals surface area contributed by atoms with Gasteiger partial charge in [-0.3, -0.25) is 14.9 Å². The van der Waals surface area contributed by atoms with E-state index in [0.717, 1.165) is 36.9 Å². The lowest BCUT2D eigenvalue weighted by molar-refractivity contribution is -0.126. The van der Waals surface area contributed by atoms with Crippen LogP contribution < -0.4 is 15.4 Å². The zero-order valence-corrected chi connectivity index (χ0v) is 23.9. The quantitative estimate of drug-likeness (QED) is 0.394. The van der Waals surface area contributed by atoms with Gasteiger partial charge in [-0.25, -0.2) is 4.79 Å². The molecule has 1 atom stereocenters. The summed E-state index contributed by atoms with van der Waals surface area (Å²) in [7, 11) is 1.60. The standard InChI is InChI=1S/C31H41N3O5/c1-21(2)27(28(35)32-23-12-8-7-9-13-23)34(20-22-16-18-24(38-6)19-17-22)29(36)25-14-10-11-15-26(25)33-30(37)39-31(3,4)5/h10-12,14-19,21,27H,7-9,13,20H2,1-6H3,(H,32,35)(H,33,37). The number of ether oxygens (including phenoxy) is 2. The molecule has 0 bridgehead atoms. The molecule has 8 heteroatoms. The number of allylic oxidation sites excluding steroid dienone is 2. The molecule has 39 heavy (non-hydrogen) atoms. The Kier molecular flexibility index (Phi) is 10.2. The molecular formula is C31H41N3O5. The minimum atomic E-state index is -0.753. The van der Waals surface area contributed by atoms with Crippen LogP contribution >= 0.6 is 0 Å². The van der Waals surface area contributed by atoms with Crippen molar-refractivity contribution in [3.8, 4) is 5.75 Å². The molecule has 3 rings (SSSR count). The zero-order valence-electron chi connectivity index (χ0n) is 23.9. The normalized spacial score (nSPS) is 14.2. The first-order chi connectivity index (χ1) is 18.5. The number of benzene rings is 2. The minimum Gasteiger partial charge on any atom is -0.497 e. The van der Waals surface area contributed by atoms with Crippen LogP contribution in [0.2, 0.25) is 0 Å². The highest BCUT2D eigenvalue weighted by Crippen LogP contribution is 2.25. The Labute approximate surface area is 231 Å². The van der Waals surface area contributed by atoms with Crippen molar-refractivity contribution < 1.29 is 23.9 Å². The molecule has 0 saturated heterocycles. The van der Waals surface area contributed by atoms with E-state index in [4.69, 9.17) is 9.47 Å². The lowest BCUT2D eigenvalue weighted by atomic mass is 9.97. The number of hydrogen-bond acceptors (Lipinski definition) is 5. The Bertz CT molecular complexity index is 1180. The summed E-state index contributed by atoms with van der Waals surface area (Å²) in [5, 5.41) is 5.79. The number of anilines is 1. The monoisotopic (exact) mass is 535 g/mol. The van der Waals surface area contributed by atoms with Crippen LogP contribution in [-0.4, -0.2) is 41.6 Å². The summed E-state index contributed by atoms with van der Waals surface area (Å²) in [6.07, 6.45) is 5.28. The number of para-hydroxylation sites is 1. The maximum Gasteiger partial charge on any atom is 0.412 e. The Hall–Kier alpha value is -3.81. The van der Waals surface area contributed by atoms with E-state index < -0.39 is 17.7 Å². The number of rotatable bonds is 9. The van der Waals surface area contributed by atoms with Gasteiger partial charge in [0.15, 0.2) is 0 Å². The average molecular weight is 536 g/mol. The van der Waals surface area contributed by atoms with Gasteiger partial charge in [-0.2, -0.15) is 0 Å². The molecule has 8 nitrogen and oxygen atoms in total. The first kappa shape index (κ1) is 29.7. The van der Waals surface area contributed by atoms with E-state index in [0.29, 0.717) is 11.4 Å². The fourth-order valence-electron chi connectivity index (χ4n) is 4.56. The molecule has 2 aromatic rings. The van der Waals surface area contributed by atoms with E-state index in [1.165, 1.54) is 0 Å². The van der Waals surface area contributed by atoms with Crippen molar-refractivity contribution in [2.45, 2.75) is 78.5 Å². The largest absolute Gasteiger partial charge is 0.497 e. The molecule has 0 spiro atoms. The van der Waals surface area contributed by atoms with Crippen molar-refractivity contribution in [3.05, 3.63) is 71.4 Å². The molecule has 0 radical (unpaired) electrons. The first-order valence-corrected chi connectivity index (χ1v) is 13.5. The number of hydrogen-bond donors (Lipinski definition) is 2. The fourth-order valence-corrected chi connectivity index (χ4v) is 4.56. The summed E-state index contributed by atoms with van der Waals surface area (Å²) >= 11 is 0. The molecule has 2 N–H and O–H groups in total. The number of nitrogens with zero attached hydrogens (tertiary/aromatic N) is 1. The number of carbonyl (C=O) groups is 3. The lowest BCUT2D eigenvalue weighted by Crippen LogP contribution is -2.52. The maximum atomic E-state index is 14.2. The van der Waals surface area contributed by atoms with Crippen LogP contribution in [-0.2, 0) is 16.1 Å². The van der Waals surface area contributed by atoms with Gasteiger partial charge < -0.3 is 19.7 Å². The summed E-state index contributed by atoms with van der Waals surface area (Å²) in [5.74, 6) is -0.0742. The van der Waals surface area contributed by atoms with E-state index in [1.54, 1.807) is 57.0 Å². The molecule has 1 aliphatic rings. The minimum absolute atomic E-state index is 0.178. The van der Waals surface area contributed by atoms with Gasteiger partial charge in [-0.15, -0.1) is 0 Å². The number of carbonyl (C=O) groups excluding carboxylic acids is 3. The van der Waals surface area contributed by atoms with Crippen molar-refractivity contribution in [1.82, 2.24) is 10.2 Å². The Morgan fingerprint density at radius 3 is 2.26 bits per heavy atom. The van der Waals surface area contributed by atoms with Crippen LogP contribution in [0.5, 0.6) is 5.75 Å². The van der Waals surface area contributed by atoms with Crippen molar-refractivity contribution in [3.63, 3.8) is 0 Å². The third-order valence-corrected chi connectivity index (χ3v) is 6.38. The number of methoxy groups -OCH3 is 1. The van der Waals surface area contributed by atoms with Crippen molar-refractivity contribution in [1.29, 1.82) is 0 Å². The molecule has 210 valence electrons. The Morgan fingerprint density at radius 1 is 0.974 bits per heavy atom. The van der Waals surface area contributed by atoms with Gasteiger partial charge in [0.25, 0.3) is 5.91 Å². The van der Waals surface area contributed by atoms with Crippen LogP contribution in [0.4, 0.5) is 10.5 Å². The van der Waals surface area contributed by atoms with Crippen LogP contribution in [0.25, 0.3) is 0 Å². The first-order valence-electron chi connectivity index (χ1n) is 13.5. The second kappa shape index (κ2) is 13.3. The van der Waals surface area contributed by atoms with Gasteiger partial charge in [-0.1, -0.05) is 44.2 Å². The summed E-state index contributed by atoms with van der Waals surface area (Å²) in [6, 6.07) is 13.4. The Morgan fingerprint density at radius 2 is 1.67 bits per heavy atom. The molecule has 1 aliphatic carbocycles. The summed E-state index contributed by atoms with van der Waals surface area (Å²) in [6.45, 7) is 9.37. The topological polar surface area (TPSA) is 97.0 Å². The van der Waals surface area contributed by atoms with Crippen LogP contribution in [0, 0.1) is 5.92 Å². The van der Waals surface area contributed by atoms with Gasteiger partial charge in [0.1, 0.15) is 17.4 Å². The van der Waals surface area contributed by atoms with Gasteiger partial charge in [0.05, 0.1) is 18.4 Å². The smallest absolute Gasteiger partial charge is 0.412 e. The average Bonchev–Trinajstić information content (AvgIpc) is 2.88. The SMILES string of the molecule is COc1ccc(CN(C(=O)c2ccccc2NC(=O)OC(C)(C)C)C(C(=O)NC2=CCCCC2)C(C)C)cc1. The zero-order chi connectivity index (χ0) is 28.6. The third kappa shape index (κ3) is 8.60. The predicted molar refractivity (Wildman–Crippen MR) is 152 cm³/mol. The van der Waals surface area contributed by atoms with Crippen LogP contribution in [0.15, 0.2) is 60.3 Å². The van der Waals surface area contributed by atoms with E-state index in [-0.39, 0.29) is 29.8 Å². The van der Waals surface area contributed by atoms with Crippen LogP contribution in [0.1, 0.15) is 76.2 Å². The van der Waals surface area contributed by atoms with E-state index >= 15 is 0 Å². The molecule has 0 aromatic heterocycles. The molecule has 0 aliphatic heterocycles. The summed E-state index contributed by atoms with van der Waals surface area (Å²) < 4.78 is 10.7. The number of nitrogens with one attached hydrogen (secondary N) is 2. The van der Waals surface area contributed by atoms with Crippen LogP contribution in [0.3, 0.4) is 0 Å². The number of amides is 3. The van der Waals surface area contributed by atoms with Crippen molar-refractivity contribution in [2.24, 2.45) is 5.92 Å². The Balaban J connectivity index is 1.98. The van der Waals surface area contributed by atoms with Crippen molar-refractivity contribution in [2.75, 3.05) is 12.4 Å². The molecule has 0 fully saturated rings. The lowest BCUT2D eigenvalue weighted by Gasteiger charge is -2.34. The second-order valence-electron chi connectivity index (χ2n) is 11.1. The fraction of sp³-hybridized carbons (Fsp3) is 0.452. The van der Waals surface area contributed by atoms with Gasteiger partial charge >= 0.3 is 6.09 Å². The molecule has 0 heterocycles. The molecule has 2 aromatic carbocycles. The molecule has 0 saturated carbocycles. The molecular weight excluding hydrogens is 494 g/mol.